The quantitative estimate of drug-likeness (QED) is 0.417. The Morgan fingerprint density at radius 3 is 1.36 bits per heavy atom. The zero-order valence-corrected chi connectivity index (χ0v) is 13.3. The Kier molecular flexibility index (Phi) is 6.59. The molecule has 0 bridgehead atoms. The van der Waals surface area contributed by atoms with Gasteiger partial charge in [0.05, 0.1) is 0 Å². The molecule has 2 aromatic carbocycles. The summed E-state index contributed by atoms with van der Waals surface area (Å²) in [5, 5.41) is 0. The van der Waals surface area contributed by atoms with Gasteiger partial charge in [0.15, 0.2) is 0 Å². The number of rotatable bonds is 8. The van der Waals surface area contributed by atoms with Gasteiger partial charge in [0.2, 0.25) is 0 Å². The summed E-state index contributed by atoms with van der Waals surface area (Å²) in [4.78, 5) is 44.5. The molecule has 0 amide bonds. The first-order chi connectivity index (χ1) is 12.1. The summed E-state index contributed by atoms with van der Waals surface area (Å²) in [6.07, 6.45) is 1.81. The van der Waals surface area contributed by atoms with Gasteiger partial charge in [-0.3, -0.25) is 19.2 Å². The molecule has 0 saturated carbocycles. The lowest BCUT2D eigenvalue weighted by Crippen LogP contribution is -2.11. The van der Waals surface area contributed by atoms with Gasteiger partial charge in [-0.25, -0.2) is 0 Å². The SMILES string of the molecule is O=Cc1ccc(OC(=O)CCCC(=O)Oc2ccc(C=O)cc2)cc1. The molecule has 0 aliphatic carbocycles. The zero-order valence-electron chi connectivity index (χ0n) is 13.3. The number of benzene rings is 2. The van der Waals surface area contributed by atoms with Gasteiger partial charge in [-0.2, -0.15) is 0 Å². The largest absolute Gasteiger partial charge is 0.427 e. The Morgan fingerprint density at radius 1 is 0.680 bits per heavy atom. The first-order valence-corrected chi connectivity index (χ1v) is 7.62. The van der Waals surface area contributed by atoms with E-state index in [-0.39, 0.29) is 19.3 Å². The van der Waals surface area contributed by atoms with E-state index in [1.165, 1.54) is 24.3 Å². The summed E-state index contributed by atoms with van der Waals surface area (Å²) in [5.41, 5.74) is 0.979. The second kappa shape index (κ2) is 9.12. The Labute approximate surface area is 144 Å². The minimum atomic E-state index is -0.470. The van der Waals surface area contributed by atoms with Crippen LogP contribution < -0.4 is 9.47 Å². The molecule has 0 spiro atoms. The lowest BCUT2D eigenvalue weighted by Gasteiger charge is -2.05. The van der Waals surface area contributed by atoms with Gasteiger partial charge in [0.1, 0.15) is 24.1 Å². The molecular formula is C19H16O6. The van der Waals surface area contributed by atoms with E-state index in [1.54, 1.807) is 24.3 Å². The van der Waals surface area contributed by atoms with Gasteiger partial charge < -0.3 is 9.47 Å². The fraction of sp³-hybridized carbons (Fsp3) is 0.158. The average Bonchev–Trinajstić information content (AvgIpc) is 2.63. The van der Waals surface area contributed by atoms with Crippen LogP contribution in [0.2, 0.25) is 0 Å². The highest BCUT2D eigenvalue weighted by molar-refractivity contribution is 5.77. The summed E-state index contributed by atoms with van der Waals surface area (Å²) < 4.78 is 10.2. The van der Waals surface area contributed by atoms with E-state index in [4.69, 9.17) is 9.47 Å². The summed E-state index contributed by atoms with van der Waals surface area (Å²) in [6, 6.07) is 12.3. The van der Waals surface area contributed by atoms with E-state index in [2.05, 4.69) is 0 Å². The molecule has 0 saturated heterocycles. The minimum Gasteiger partial charge on any atom is -0.427 e. The highest BCUT2D eigenvalue weighted by Gasteiger charge is 2.09. The first kappa shape index (κ1) is 18.1. The molecule has 0 N–H and O–H groups in total. The number of hydrogen-bond acceptors (Lipinski definition) is 6. The van der Waals surface area contributed by atoms with Crippen molar-refractivity contribution >= 4 is 24.5 Å². The Bertz CT molecular complexity index is 681. The van der Waals surface area contributed by atoms with Crippen molar-refractivity contribution in [2.24, 2.45) is 0 Å². The first-order valence-electron chi connectivity index (χ1n) is 7.62. The van der Waals surface area contributed by atoms with Crippen LogP contribution in [0.15, 0.2) is 48.5 Å². The van der Waals surface area contributed by atoms with E-state index in [1.807, 2.05) is 0 Å². The fourth-order valence-corrected chi connectivity index (χ4v) is 1.97. The summed E-state index contributed by atoms with van der Waals surface area (Å²) >= 11 is 0. The average molecular weight is 340 g/mol. The van der Waals surface area contributed by atoms with Crippen molar-refractivity contribution in [3.05, 3.63) is 59.7 Å². The smallest absolute Gasteiger partial charge is 0.311 e. The van der Waals surface area contributed by atoms with Crippen molar-refractivity contribution in [2.45, 2.75) is 19.3 Å². The molecule has 0 aromatic heterocycles. The maximum Gasteiger partial charge on any atom is 0.311 e. The highest BCUT2D eigenvalue weighted by atomic mass is 16.5. The molecule has 0 aliphatic heterocycles. The summed E-state index contributed by atoms with van der Waals surface area (Å²) in [6.45, 7) is 0. The number of carbonyl (C=O) groups is 4. The van der Waals surface area contributed by atoms with Gasteiger partial charge in [-0.15, -0.1) is 0 Å². The molecule has 25 heavy (non-hydrogen) atoms. The lowest BCUT2D eigenvalue weighted by molar-refractivity contribution is -0.136. The zero-order chi connectivity index (χ0) is 18.1. The standard InChI is InChI=1S/C19H16O6/c20-12-14-4-8-16(9-5-14)24-18(22)2-1-3-19(23)25-17-10-6-15(13-21)7-11-17/h4-13H,1-3H2. The fourth-order valence-electron chi connectivity index (χ4n) is 1.97. The Morgan fingerprint density at radius 2 is 1.04 bits per heavy atom. The van der Waals surface area contributed by atoms with Gasteiger partial charge in [0.25, 0.3) is 0 Å². The molecule has 0 radical (unpaired) electrons. The van der Waals surface area contributed by atoms with Gasteiger partial charge in [-0.05, 0) is 55.0 Å². The molecule has 2 aromatic rings. The van der Waals surface area contributed by atoms with Crippen LogP contribution in [0.1, 0.15) is 40.0 Å². The van der Waals surface area contributed by atoms with Crippen LogP contribution >= 0.6 is 0 Å². The van der Waals surface area contributed by atoms with Crippen LogP contribution in [0.3, 0.4) is 0 Å². The number of aldehydes is 2. The second-order valence-corrected chi connectivity index (χ2v) is 5.18. The van der Waals surface area contributed by atoms with Crippen molar-refractivity contribution in [2.75, 3.05) is 0 Å². The van der Waals surface area contributed by atoms with Crippen LogP contribution in [0.4, 0.5) is 0 Å². The summed E-state index contributed by atoms with van der Waals surface area (Å²) in [7, 11) is 0. The van der Waals surface area contributed by atoms with E-state index in [0.29, 0.717) is 35.2 Å². The molecule has 0 unspecified atom stereocenters. The van der Waals surface area contributed by atoms with Crippen LogP contribution in [-0.2, 0) is 9.59 Å². The van der Waals surface area contributed by atoms with E-state index in [9.17, 15) is 19.2 Å². The Balaban J connectivity index is 1.71. The van der Waals surface area contributed by atoms with Gasteiger partial charge >= 0.3 is 11.9 Å². The second-order valence-electron chi connectivity index (χ2n) is 5.18. The third-order valence-electron chi connectivity index (χ3n) is 3.26. The number of carbonyl (C=O) groups excluding carboxylic acids is 4. The molecular weight excluding hydrogens is 324 g/mol. The molecule has 0 fully saturated rings. The third kappa shape index (κ3) is 6.02. The number of ether oxygens (including phenoxy) is 2. The molecule has 0 aliphatic rings. The normalized spacial score (nSPS) is 9.92. The number of hydrogen-bond donors (Lipinski definition) is 0. The Hall–Kier alpha value is -3.28. The van der Waals surface area contributed by atoms with Crippen LogP contribution in [0.5, 0.6) is 11.5 Å². The molecule has 2 rings (SSSR count). The lowest BCUT2D eigenvalue weighted by atomic mass is 10.2. The molecule has 128 valence electrons. The van der Waals surface area contributed by atoms with Gasteiger partial charge in [0, 0.05) is 24.0 Å². The van der Waals surface area contributed by atoms with Gasteiger partial charge in [-0.1, -0.05) is 0 Å². The van der Waals surface area contributed by atoms with Crippen molar-refractivity contribution in [3.63, 3.8) is 0 Å². The van der Waals surface area contributed by atoms with E-state index in [0.717, 1.165) is 0 Å². The molecule has 0 heterocycles. The maximum atomic E-state index is 11.7. The molecule has 0 atom stereocenters. The predicted molar refractivity (Wildman–Crippen MR) is 88.8 cm³/mol. The van der Waals surface area contributed by atoms with E-state index >= 15 is 0 Å². The third-order valence-corrected chi connectivity index (χ3v) is 3.26. The van der Waals surface area contributed by atoms with Crippen molar-refractivity contribution in [1.82, 2.24) is 0 Å². The topological polar surface area (TPSA) is 86.7 Å². The van der Waals surface area contributed by atoms with Crippen molar-refractivity contribution < 1.29 is 28.7 Å². The summed E-state index contributed by atoms with van der Waals surface area (Å²) in [5.74, 6) is -0.258. The van der Waals surface area contributed by atoms with Crippen LogP contribution in [-0.4, -0.2) is 24.5 Å². The van der Waals surface area contributed by atoms with Crippen molar-refractivity contribution in [3.8, 4) is 11.5 Å². The van der Waals surface area contributed by atoms with Crippen molar-refractivity contribution in [1.29, 1.82) is 0 Å². The monoisotopic (exact) mass is 340 g/mol. The molecule has 6 nitrogen and oxygen atoms in total. The van der Waals surface area contributed by atoms with E-state index < -0.39 is 11.9 Å². The maximum absolute atomic E-state index is 11.7. The highest BCUT2D eigenvalue weighted by Crippen LogP contribution is 2.14. The number of esters is 2. The van der Waals surface area contributed by atoms with Crippen LogP contribution in [0.25, 0.3) is 0 Å². The van der Waals surface area contributed by atoms with Crippen LogP contribution in [0, 0.1) is 0 Å². The predicted octanol–water partition coefficient (Wildman–Crippen LogP) is 2.99. The minimum absolute atomic E-state index is 0.0641. The molecule has 6 heteroatoms.